The van der Waals surface area contributed by atoms with Gasteiger partial charge in [-0.3, -0.25) is 4.79 Å². The first-order chi connectivity index (χ1) is 6.77. The fourth-order valence-electron chi connectivity index (χ4n) is 1.19. The van der Waals surface area contributed by atoms with Crippen LogP contribution in [0.2, 0.25) is 0 Å². The number of rotatable bonds is 2. The zero-order valence-electron chi connectivity index (χ0n) is 7.44. The van der Waals surface area contributed by atoms with Gasteiger partial charge in [-0.25, -0.2) is 0 Å². The summed E-state index contributed by atoms with van der Waals surface area (Å²) in [6, 6.07) is 8.78. The van der Waals surface area contributed by atoms with E-state index in [1.165, 1.54) is 11.3 Å². The number of carbonyl (C=O) groups excluding carboxylic acids is 1. The van der Waals surface area contributed by atoms with Crippen molar-refractivity contribution < 1.29 is 4.79 Å². The third-order valence-electron chi connectivity index (χ3n) is 1.96. The number of hydrogen-bond acceptors (Lipinski definition) is 3. The minimum atomic E-state index is 0.0475. The highest BCUT2D eigenvalue weighted by Gasteiger charge is 2.08. The largest absolute Gasteiger partial charge is 0.399 e. The maximum Gasteiger partial charge on any atom is 0.193 e. The molecule has 2 aromatic rings. The highest BCUT2D eigenvalue weighted by molar-refractivity contribution is 7.08. The first-order valence-electron chi connectivity index (χ1n) is 4.20. The van der Waals surface area contributed by atoms with Crippen molar-refractivity contribution in [2.24, 2.45) is 0 Å². The molecule has 0 aliphatic rings. The zero-order valence-corrected chi connectivity index (χ0v) is 8.25. The summed E-state index contributed by atoms with van der Waals surface area (Å²) in [5, 5.41) is 3.74. The van der Waals surface area contributed by atoms with Gasteiger partial charge in [0.1, 0.15) is 0 Å². The number of nitrogen functional groups attached to an aromatic ring is 1. The molecule has 0 unspecified atom stereocenters. The molecule has 0 radical (unpaired) electrons. The molecule has 0 aliphatic carbocycles. The van der Waals surface area contributed by atoms with E-state index in [1.54, 1.807) is 24.3 Å². The van der Waals surface area contributed by atoms with E-state index in [1.807, 2.05) is 16.8 Å². The van der Waals surface area contributed by atoms with Crippen molar-refractivity contribution in [3.05, 3.63) is 52.2 Å². The molecule has 2 N–H and O–H groups in total. The summed E-state index contributed by atoms with van der Waals surface area (Å²) in [4.78, 5) is 11.8. The molecule has 0 aliphatic heterocycles. The van der Waals surface area contributed by atoms with Gasteiger partial charge in [0.2, 0.25) is 0 Å². The Morgan fingerprint density at radius 2 is 1.79 bits per heavy atom. The van der Waals surface area contributed by atoms with Crippen molar-refractivity contribution in [3.8, 4) is 0 Å². The highest BCUT2D eigenvalue weighted by Crippen LogP contribution is 2.14. The predicted molar refractivity (Wildman–Crippen MR) is 58.6 cm³/mol. The number of nitrogens with two attached hydrogens (primary N) is 1. The van der Waals surface area contributed by atoms with Crippen LogP contribution in [0, 0.1) is 0 Å². The van der Waals surface area contributed by atoms with Crippen LogP contribution in [-0.2, 0) is 0 Å². The van der Waals surface area contributed by atoms with Crippen LogP contribution in [0.25, 0.3) is 0 Å². The van der Waals surface area contributed by atoms with Crippen molar-refractivity contribution in [1.29, 1.82) is 0 Å². The number of hydrogen-bond donors (Lipinski definition) is 1. The highest BCUT2D eigenvalue weighted by atomic mass is 32.1. The van der Waals surface area contributed by atoms with E-state index in [0.29, 0.717) is 11.3 Å². The molecule has 1 heterocycles. The third-order valence-corrected chi connectivity index (χ3v) is 2.64. The SMILES string of the molecule is Nc1ccc(C(=O)c2ccsc2)cc1. The normalized spacial score (nSPS) is 10.0. The van der Waals surface area contributed by atoms with Crippen LogP contribution in [-0.4, -0.2) is 5.78 Å². The summed E-state index contributed by atoms with van der Waals surface area (Å²) in [7, 11) is 0. The van der Waals surface area contributed by atoms with Crippen LogP contribution < -0.4 is 5.73 Å². The molecule has 0 atom stereocenters. The van der Waals surface area contributed by atoms with E-state index in [2.05, 4.69) is 0 Å². The van der Waals surface area contributed by atoms with E-state index < -0.39 is 0 Å². The van der Waals surface area contributed by atoms with E-state index in [4.69, 9.17) is 5.73 Å². The van der Waals surface area contributed by atoms with Crippen molar-refractivity contribution in [2.75, 3.05) is 5.73 Å². The lowest BCUT2D eigenvalue weighted by Gasteiger charge is -1.98. The molecular formula is C11H9NOS. The minimum absolute atomic E-state index is 0.0475. The van der Waals surface area contributed by atoms with Gasteiger partial charge in [0, 0.05) is 22.2 Å². The molecule has 2 nitrogen and oxygen atoms in total. The summed E-state index contributed by atoms with van der Waals surface area (Å²) >= 11 is 1.52. The molecule has 0 fully saturated rings. The first kappa shape index (κ1) is 8.97. The molecule has 0 spiro atoms. The average molecular weight is 203 g/mol. The summed E-state index contributed by atoms with van der Waals surface area (Å²) in [6.07, 6.45) is 0. The van der Waals surface area contributed by atoms with E-state index in [9.17, 15) is 4.79 Å². The molecule has 2 rings (SSSR count). The summed E-state index contributed by atoms with van der Waals surface area (Å²) in [5.41, 5.74) is 7.62. The van der Waals surface area contributed by atoms with E-state index in [0.717, 1.165) is 5.56 Å². The molecule has 3 heteroatoms. The van der Waals surface area contributed by atoms with Gasteiger partial charge in [-0.05, 0) is 35.7 Å². The minimum Gasteiger partial charge on any atom is -0.399 e. The molecule has 0 saturated carbocycles. The third kappa shape index (κ3) is 1.67. The monoisotopic (exact) mass is 203 g/mol. The number of ketones is 1. The smallest absolute Gasteiger partial charge is 0.193 e. The summed E-state index contributed by atoms with van der Waals surface area (Å²) in [5.74, 6) is 0.0475. The summed E-state index contributed by atoms with van der Waals surface area (Å²) < 4.78 is 0. The van der Waals surface area contributed by atoms with Crippen LogP contribution in [0.4, 0.5) is 5.69 Å². The van der Waals surface area contributed by atoms with Gasteiger partial charge in [-0.2, -0.15) is 11.3 Å². The molecule has 0 amide bonds. The second-order valence-electron chi connectivity index (χ2n) is 2.96. The van der Waals surface area contributed by atoms with Gasteiger partial charge >= 0.3 is 0 Å². The van der Waals surface area contributed by atoms with Crippen LogP contribution in [0.3, 0.4) is 0 Å². The quantitative estimate of drug-likeness (QED) is 0.602. The Morgan fingerprint density at radius 1 is 1.07 bits per heavy atom. The van der Waals surface area contributed by atoms with Crippen molar-refractivity contribution in [3.63, 3.8) is 0 Å². The van der Waals surface area contributed by atoms with E-state index in [-0.39, 0.29) is 5.78 Å². The Balaban J connectivity index is 2.33. The molecule has 1 aromatic carbocycles. The fraction of sp³-hybridized carbons (Fsp3) is 0. The lowest BCUT2D eigenvalue weighted by molar-refractivity contribution is 0.103. The Bertz CT molecular complexity index is 431. The predicted octanol–water partition coefficient (Wildman–Crippen LogP) is 2.56. The average Bonchev–Trinajstić information content (AvgIpc) is 2.71. The van der Waals surface area contributed by atoms with Crippen molar-refractivity contribution in [2.45, 2.75) is 0 Å². The Labute approximate surface area is 86.0 Å². The Morgan fingerprint density at radius 3 is 2.36 bits per heavy atom. The molecule has 70 valence electrons. The first-order valence-corrected chi connectivity index (χ1v) is 5.14. The second kappa shape index (κ2) is 3.64. The van der Waals surface area contributed by atoms with Crippen LogP contribution >= 0.6 is 11.3 Å². The zero-order chi connectivity index (χ0) is 9.97. The van der Waals surface area contributed by atoms with Gasteiger partial charge in [0.25, 0.3) is 0 Å². The molecule has 1 aromatic heterocycles. The number of benzene rings is 1. The number of anilines is 1. The van der Waals surface area contributed by atoms with E-state index >= 15 is 0 Å². The second-order valence-corrected chi connectivity index (χ2v) is 3.74. The van der Waals surface area contributed by atoms with Gasteiger partial charge in [0.05, 0.1) is 0 Å². The molecule has 0 bridgehead atoms. The lowest BCUT2D eigenvalue weighted by Crippen LogP contribution is -1.99. The lowest BCUT2D eigenvalue weighted by atomic mass is 10.1. The molecular weight excluding hydrogens is 194 g/mol. The molecule has 0 saturated heterocycles. The van der Waals surface area contributed by atoms with Gasteiger partial charge in [-0.1, -0.05) is 0 Å². The maximum absolute atomic E-state index is 11.8. The standard InChI is InChI=1S/C11H9NOS/c12-10-3-1-8(2-4-10)11(13)9-5-6-14-7-9/h1-7H,12H2. The fourth-order valence-corrected chi connectivity index (χ4v) is 1.83. The van der Waals surface area contributed by atoms with Crippen LogP contribution in [0.1, 0.15) is 15.9 Å². The number of carbonyl (C=O) groups is 1. The van der Waals surface area contributed by atoms with Gasteiger partial charge < -0.3 is 5.73 Å². The van der Waals surface area contributed by atoms with Gasteiger partial charge in [-0.15, -0.1) is 0 Å². The Hall–Kier alpha value is -1.61. The van der Waals surface area contributed by atoms with Crippen molar-refractivity contribution >= 4 is 22.8 Å². The van der Waals surface area contributed by atoms with Crippen molar-refractivity contribution in [1.82, 2.24) is 0 Å². The summed E-state index contributed by atoms with van der Waals surface area (Å²) in [6.45, 7) is 0. The number of thiophene rings is 1. The molecule has 14 heavy (non-hydrogen) atoms. The maximum atomic E-state index is 11.8. The van der Waals surface area contributed by atoms with Crippen LogP contribution in [0.15, 0.2) is 41.1 Å². The topological polar surface area (TPSA) is 43.1 Å². The van der Waals surface area contributed by atoms with Gasteiger partial charge in [0.15, 0.2) is 5.78 Å². The van der Waals surface area contributed by atoms with Crippen LogP contribution in [0.5, 0.6) is 0 Å². The Kier molecular flexibility index (Phi) is 2.33.